The third-order valence-electron chi connectivity index (χ3n) is 2.52. The number of hydrogen-bond acceptors (Lipinski definition) is 2. The quantitative estimate of drug-likeness (QED) is 0.367. The average molecular weight is 178 g/mol. The highest BCUT2D eigenvalue weighted by Crippen LogP contribution is 2.36. The van der Waals surface area contributed by atoms with Crippen molar-refractivity contribution >= 4 is 5.97 Å². The molecule has 2 heteroatoms. The molecule has 1 rings (SSSR count). The zero-order valence-corrected chi connectivity index (χ0v) is 7.88. The second-order valence-electron chi connectivity index (χ2n) is 3.37. The van der Waals surface area contributed by atoms with Crippen LogP contribution in [0, 0.1) is 17.8 Å². The van der Waals surface area contributed by atoms with Gasteiger partial charge in [-0.1, -0.05) is 12.2 Å². The molecule has 0 aromatic rings. The van der Waals surface area contributed by atoms with Gasteiger partial charge in [0.05, 0.1) is 12.5 Å². The molecule has 1 aliphatic carbocycles. The molecule has 0 aromatic heterocycles. The Hall–Kier alpha value is -1.23. The number of rotatable bonds is 2. The summed E-state index contributed by atoms with van der Waals surface area (Å²) in [6.45, 7) is 0. The second-order valence-corrected chi connectivity index (χ2v) is 3.37. The van der Waals surface area contributed by atoms with Gasteiger partial charge in [-0.25, -0.2) is 0 Å². The first-order chi connectivity index (χ1) is 6.25. The highest BCUT2D eigenvalue weighted by atomic mass is 16.5. The highest BCUT2D eigenvalue weighted by Gasteiger charge is 2.38. The van der Waals surface area contributed by atoms with E-state index in [0.29, 0.717) is 12.8 Å². The van der Waals surface area contributed by atoms with Crippen LogP contribution in [-0.4, -0.2) is 13.1 Å². The van der Waals surface area contributed by atoms with Gasteiger partial charge in [0.15, 0.2) is 0 Å². The van der Waals surface area contributed by atoms with Crippen molar-refractivity contribution < 1.29 is 9.53 Å². The molecule has 0 aliphatic heterocycles. The van der Waals surface area contributed by atoms with Crippen molar-refractivity contribution in [1.29, 1.82) is 0 Å². The van der Waals surface area contributed by atoms with E-state index in [1.807, 2.05) is 6.08 Å². The summed E-state index contributed by atoms with van der Waals surface area (Å²) < 4.78 is 4.78. The smallest absolute Gasteiger partial charge is 0.313 e. The average Bonchev–Trinajstić information content (AvgIpc) is 2.18. The molecule has 1 aliphatic rings. The third-order valence-corrected chi connectivity index (χ3v) is 2.52. The van der Waals surface area contributed by atoms with E-state index in [-0.39, 0.29) is 5.97 Å². The predicted octanol–water partition coefficient (Wildman–Crippen LogP) is 1.91. The van der Waals surface area contributed by atoms with E-state index >= 15 is 0 Å². The van der Waals surface area contributed by atoms with Crippen LogP contribution in [0.1, 0.15) is 25.7 Å². The van der Waals surface area contributed by atoms with E-state index in [2.05, 4.69) is 12.0 Å². The molecule has 0 saturated heterocycles. The second kappa shape index (κ2) is 4.13. The number of methoxy groups -OCH3 is 1. The van der Waals surface area contributed by atoms with Gasteiger partial charge in [0.1, 0.15) is 0 Å². The summed E-state index contributed by atoms with van der Waals surface area (Å²) in [4.78, 5) is 11.5. The Morgan fingerprint density at radius 2 is 2.46 bits per heavy atom. The van der Waals surface area contributed by atoms with Crippen LogP contribution in [0.4, 0.5) is 0 Å². The normalized spacial score (nSPS) is 26.5. The molecule has 0 aromatic carbocycles. The van der Waals surface area contributed by atoms with Crippen molar-refractivity contribution in [1.82, 2.24) is 0 Å². The van der Waals surface area contributed by atoms with E-state index in [1.165, 1.54) is 7.11 Å². The fourth-order valence-electron chi connectivity index (χ4n) is 1.72. The van der Waals surface area contributed by atoms with Gasteiger partial charge in [-0.2, -0.15) is 0 Å². The van der Waals surface area contributed by atoms with Gasteiger partial charge in [-0.05, 0) is 19.3 Å². The van der Waals surface area contributed by atoms with Gasteiger partial charge < -0.3 is 4.74 Å². The van der Waals surface area contributed by atoms with Crippen LogP contribution in [0.2, 0.25) is 0 Å². The van der Waals surface area contributed by atoms with Crippen molar-refractivity contribution in [2.45, 2.75) is 25.7 Å². The van der Waals surface area contributed by atoms with E-state index in [9.17, 15) is 4.79 Å². The number of carbonyl (C=O) groups excluding carboxylic acids is 1. The van der Waals surface area contributed by atoms with Crippen molar-refractivity contribution in [3.05, 3.63) is 12.2 Å². The monoisotopic (exact) mass is 178 g/mol. The zero-order chi connectivity index (χ0) is 9.73. The lowest BCUT2D eigenvalue weighted by Crippen LogP contribution is -2.32. The number of hydrogen-bond donors (Lipinski definition) is 0. The Kier molecular flexibility index (Phi) is 3.13. The standard InChI is InChI=1S/C11H14O2/c1-3-7-11(10(12)13-2)8-5-4-6-9-11/h1,4-5H,6-9H2,2H3/t11-/m0/s1. The van der Waals surface area contributed by atoms with Gasteiger partial charge in [0.2, 0.25) is 0 Å². The summed E-state index contributed by atoms with van der Waals surface area (Å²) in [5.74, 6) is 2.39. The van der Waals surface area contributed by atoms with Crippen LogP contribution in [-0.2, 0) is 9.53 Å². The number of esters is 1. The summed E-state index contributed by atoms with van der Waals surface area (Å²) in [5, 5.41) is 0. The first kappa shape index (κ1) is 9.85. The molecule has 0 saturated carbocycles. The summed E-state index contributed by atoms with van der Waals surface area (Å²) in [7, 11) is 1.42. The third kappa shape index (κ3) is 1.92. The first-order valence-electron chi connectivity index (χ1n) is 4.42. The molecule has 0 spiro atoms. The lowest BCUT2D eigenvalue weighted by Gasteiger charge is -2.29. The van der Waals surface area contributed by atoms with E-state index < -0.39 is 5.41 Å². The molecule has 0 amide bonds. The van der Waals surface area contributed by atoms with Gasteiger partial charge in [0, 0.05) is 6.42 Å². The molecule has 70 valence electrons. The van der Waals surface area contributed by atoms with E-state index in [1.54, 1.807) is 0 Å². The van der Waals surface area contributed by atoms with Crippen molar-refractivity contribution in [2.24, 2.45) is 5.41 Å². The lowest BCUT2D eigenvalue weighted by molar-refractivity contribution is -0.153. The van der Waals surface area contributed by atoms with Crippen molar-refractivity contribution in [3.8, 4) is 12.3 Å². The number of carbonyl (C=O) groups is 1. The van der Waals surface area contributed by atoms with Crippen molar-refractivity contribution in [3.63, 3.8) is 0 Å². The molecule has 2 nitrogen and oxygen atoms in total. The Balaban J connectivity index is 2.81. The van der Waals surface area contributed by atoms with Crippen molar-refractivity contribution in [2.75, 3.05) is 7.11 Å². The van der Waals surface area contributed by atoms with Crippen LogP contribution in [0.25, 0.3) is 0 Å². The summed E-state index contributed by atoms with van der Waals surface area (Å²) in [5.41, 5.74) is -0.446. The molecule has 0 bridgehead atoms. The predicted molar refractivity (Wildman–Crippen MR) is 50.9 cm³/mol. The minimum absolute atomic E-state index is 0.171. The largest absolute Gasteiger partial charge is 0.469 e. The van der Waals surface area contributed by atoms with Crippen LogP contribution < -0.4 is 0 Å². The minimum Gasteiger partial charge on any atom is -0.469 e. The summed E-state index contributed by atoms with van der Waals surface area (Å²) >= 11 is 0. The molecule has 0 heterocycles. The molecular formula is C11H14O2. The van der Waals surface area contributed by atoms with Crippen LogP contribution in [0.5, 0.6) is 0 Å². The number of terminal acetylenes is 1. The van der Waals surface area contributed by atoms with Crippen LogP contribution in [0.3, 0.4) is 0 Å². The Labute approximate surface area is 79.0 Å². The maximum atomic E-state index is 11.5. The zero-order valence-electron chi connectivity index (χ0n) is 7.88. The molecule has 0 unspecified atom stereocenters. The topological polar surface area (TPSA) is 26.3 Å². The highest BCUT2D eigenvalue weighted by molar-refractivity contribution is 5.77. The van der Waals surface area contributed by atoms with Gasteiger partial charge in [0.25, 0.3) is 0 Å². The number of ether oxygens (including phenoxy) is 1. The maximum absolute atomic E-state index is 11.5. The lowest BCUT2D eigenvalue weighted by atomic mass is 9.75. The molecular weight excluding hydrogens is 164 g/mol. The van der Waals surface area contributed by atoms with E-state index in [0.717, 1.165) is 12.8 Å². The summed E-state index contributed by atoms with van der Waals surface area (Å²) in [6.07, 6.45) is 12.3. The first-order valence-corrected chi connectivity index (χ1v) is 4.42. The molecule has 0 fully saturated rings. The molecule has 0 N–H and O–H groups in total. The number of allylic oxidation sites excluding steroid dienone is 2. The summed E-state index contributed by atoms with van der Waals surface area (Å²) in [6, 6.07) is 0. The SMILES string of the molecule is C#CC[C@]1(C(=O)OC)CC=CCC1. The molecule has 1 atom stereocenters. The van der Waals surface area contributed by atoms with Crippen LogP contribution in [0.15, 0.2) is 12.2 Å². The Morgan fingerprint density at radius 3 is 2.92 bits per heavy atom. The van der Waals surface area contributed by atoms with Gasteiger partial charge in [-0.3, -0.25) is 4.79 Å². The van der Waals surface area contributed by atoms with Gasteiger partial charge in [-0.15, -0.1) is 12.3 Å². The minimum atomic E-state index is -0.446. The Morgan fingerprint density at radius 1 is 1.69 bits per heavy atom. The maximum Gasteiger partial charge on any atom is 0.313 e. The molecule has 13 heavy (non-hydrogen) atoms. The fraction of sp³-hybridized carbons (Fsp3) is 0.545. The van der Waals surface area contributed by atoms with Gasteiger partial charge >= 0.3 is 5.97 Å². The fourth-order valence-corrected chi connectivity index (χ4v) is 1.72. The Bertz CT molecular complexity index is 260. The van der Waals surface area contributed by atoms with Crippen LogP contribution >= 0.6 is 0 Å². The van der Waals surface area contributed by atoms with E-state index in [4.69, 9.17) is 11.2 Å². The molecule has 0 radical (unpaired) electrons.